The molecule has 16 heavy (non-hydrogen) atoms. The molecule has 0 spiro atoms. The molecule has 1 rings (SSSR count). The molecule has 2 N–H and O–H groups in total. The van der Waals surface area contributed by atoms with Gasteiger partial charge < -0.3 is 14.9 Å². The Morgan fingerprint density at radius 2 is 1.94 bits per heavy atom. The van der Waals surface area contributed by atoms with E-state index in [1.54, 1.807) is 30.3 Å². The highest BCUT2D eigenvalue weighted by Crippen LogP contribution is 2.09. The Hall–Kier alpha value is -1.39. The lowest BCUT2D eigenvalue weighted by Gasteiger charge is -2.23. The minimum absolute atomic E-state index is 0.225. The molecule has 0 amide bonds. The van der Waals surface area contributed by atoms with Crippen molar-refractivity contribution in [3.63, 3.8) is 0 Å². The van der Waals surface area contributed by atoms with Crippen LogP contribution in [0.4, 0.5) is 0 Å². The number of aliphatic hydroxyl groups is 2. The van der Waals surface area contributed by atoms with Gasteiger partial charge in [0, 0.05) is 0 Å². The van der Waals surface area contributed by atoms with E-state index >= 15 is 0 Å². The van der Waals surface area contributed by atoms with Gasteiger partial charge in [0.15, 0.2) is 0 Å². The van der Waals surface area contributed by atoms with Crippen molar-refractivity contribution < 1.29 is 19.7 Å². The number of benzene rings is 1. The number of aliphatic hydroxyl groups excluding tert-OH is 1. The Bertz CT molecular complexity index is 340. The molecular weight excluding hydrogens is 208 g/mol. The number of rotatable bonds is 4. The zero-order valence-electron chi connectivity index (χ0n) is 9.38. The summed E-state index contributed by atoms with van der Waals surface area (Å²) >= 11 is 0. The van der Waals surface area contributed by atoms with Crippen LogP contribution in [0, 0.1) is 0 Å². The molecule has 4 heteroatoms. The molecule has 0 aliphatic rings. The molecule has 0 bridgehead atoms. The van der Waals surface area contributed by atoms with Crippen molar-refractivity contribution in [1.82, 2.24) is 0 Å². The third kappa shape index (κ3) is 3.64. The Labute approximate surface area is 94.5 Å². The van der Waals surface area contributed by atoms with Crippen LogP contribution >= 0.6 is 0 Å². The maximum atomic E-state index is 11.5. The van der Waals surface area contributed by atoms with Gasteiger partial charge in [-0.25, -0.2) is 4.79 Å². The Balaban J connectivity index is 2.48. The maximum absolute atomic E-state index is 11.5. The van der Waals surface area contributed by atoms with Crippen molar-refractivity contribution >= 4 is 5.97 Å². The molecule has 0 fully saturated rings. The normalized spacial score (nSPS) is 13.2. The van der Waals surface area contributed by atoms with Crippen LogP contribution in [-0.2, 0) is 4.74 Å². The van der Waals surface area contributed by atoms with Crippen molar-refractivity contribution in [3.8, 4) is 0 Å². The van der Waals surface area contributed by atoms with Crippen LogP contribution in [0.15, 0.2) is 30.3 Å². The second kappa shape index (κ2) is 5.09. The summed E-state index contributed by atoms with van der Waals surface area (Å²) in [6.45, 7) is 2.68. The van der Waals surface area contributed by atoms with Crippen LogP contribution in [0.5, 0.6) is 0 Å². The quantitative estimate of drug-likeness (QED) is 0.748. The lowest BCUT2D eigenvalue weighted by molar-refractivity contribution is -0.0754. The van der Waals surface area contributed by atoms with Gasteiger partial charge in [-0.1, -0.05) is 18.2 Å². The van der Waals surface area contributed by atoms with Crippen molar-refractivity contribution in [2.75, 3.05) is 6.61 Å². The van der Waals surface area contributed by atoms with Crippen LogP contribution in [0.3, 0.4) is 0 Å². The average Bonchev–Trinajstić information content (AvgIpc) is 2.25. The molecule has 1 aromatic rings. The summed E-state index contributed by atoms with van der Waals surface area (Å²) in [5.41, 5.74) is -0.859. The first-order valence-corrected chi connectivity index (χ1v) is 5.04. The standard InChI is InChI=1S/C12H16O4/c1-12(2,15)10(13)8-16-11(14)9-6-4-3-5-7-9/h3-7,10,13,15H,8H2,1-2H3. The summed E-state index contributed by atoms with van der Waals surface area (Å²) < 4.78 is 4.87. The third-order valence-corrected chi connectivity index (χ3v) is 2.20. The number of carbonyl (C=O) groups excluding carboxylic acids is 1. The summed E-state index contributed by atoms with van der Waals surface area (Å²) in [6.07, 6.45) is -1.10. The zero-order chi connectivity index (χ0) is 12.2. The first kappa shape index (κ1) is 12.7. The Morgan fingerprint density at radius 1 is 1.38 bits per heavy atom. The molecule has 0 aliphatic heterocycles. The largest absolute Gasteiger partial charge is 0.459 e. The molecule has 4 nitrogen and oxygen atoms in total. The SMILES string of the molecule is CC(C)(O)C(O)COC(=O)c1ccccc1. The van der Waals surface area contributed by atoms with E-state index in [0.29, 0.717) is 5.56 Å². The average molecular weight is 224 g/mol. The van der Waals surface area contributed by atoms with Crippen LogP contribution in [0.25, 0.3) is 0 Å². The number of carbonyl (C=O) groups is 1. The van der Waals surface area contributed by atoms with E-state index in [1.165, 1.54) is 13.8 Å². The Kier molecular flexibility index (Phi) is 4.04. The summed E-state index contributed by atoms with van der Waals surface area (Å²) in [7, 11) is 0. The lowest BCUT2D eigenvalue weighted by Crippen LogP contribution is -2.39. The first-order valence-electron chi connectivity index (χ1n) is 5.04. The summed E-state index contributed by atoms with van der Waals surface area (Å²) in [5.74, 6) is -0.510. The van der Waals surface area contributed by atoms with Gasteiger partial charge in [0.05, 0.1) is 11.2 Å². The van der Waals surface area contributed by atoms with E-state index in [4.69, 9.17) is 4.74 Å². The predicted octanol–water partition coefficient (Wildman–Crippen LogP) is 0.975. The van der Waals surface area contributed by atoms with E-state index in [0.717, 1.165) is 0 Å². The number of esters is 1. The highest BCUT2D eigenvalue weighted by Gasteiger charge is 2.25. The highest BCUT2D eigenvalue weighted by molar-refractivity contribution is 5.89. The number of hydrogen-bond donors (Lipinski definition) is 2. The molecule has 88 valence electrons. The molecule has 0 saturated carbocycles. The third-order valence-electron chi connectivity index (χ3n) is 2.20. The van der Waals surface area contributed by atoms with E-state index in [1.807, 2.05) is 0 Å². The fraction of sp³-hybridized carbons (Fsp3) is 0.417. The smallest absolute Gasteiger partial charge is 0.338 e. The van der Waals surface area contributed by atoms with Gasteiger partial charge in [0.25, 0.3) is 0 Å². The van der Waals surface area contributed by atoms with Crippen LogP contribution in [-0.4, -0.2) is 34.5 Å². The monoisotopic (exact) mass is 224 g/mol. The predicted molar refractivity (Wildman–Crippen MR) is 59.0 cm³/mol. The fourth-order valence-corrected chi connectivity index (χ4v) is 1.02. The Morgan fingerprint density at radius 3 is 2.44 bits per heavy atom. The van der Waals surface area contributed by atoms with Crippen LogP contribution < -0.4 is 0 Å². The second-order valence-corrected chi connectivity index (χ2v) is 4.13. The van der Waals surface area contributed by atoms with Gasteiger partial charge in [-0.05, 0) is 26.0 Å². The number of hydrogen-bond acceptors (Lipinski definition) is 4. The van der Waals surface area contributed by atoms with Gasteiger partial charge in [-0.15, -0.1) is 0 Å². The highest BCUT2D eigenvalue weighted by atomic mass is 16.5. The van der Waals surface area contributed by atoms with Gasteiger partial charge in [0.1, 0.15) is 12.7 Å². The molecule has 0 aliphatic carbocycles. The summed E-state index contributed by atoms with van der Waals surface area (Å²) in [6, 6.07) is 8.49. The molecule has 1 unspecified atom stereocenters. The van der Waals surface area contributed by atoms with Gasteiger partial charge >= 0.3 is 5.97 Å². The number of ether oxygens (including phenoxy) is 1. The topological polar surface area (TPSA) is 66.8 Å². The van der Waals surface area contributed by atoms with E-state index in [-0.39, 0.29) is 6.61 Å². The summed E-state index contributed by atoms with van der Waals surface area (Å²) in [4.78, 5) is 11.5. The minimum Gasteiger partial charge on any atom is -0.459 e. The minimum atomic E-state index is -1.28. The molecule has 0 saturated heterocycles. The molecule has 0 heterocycles. The second-order valence-electron chi connectivity index (χ2n) is 4.13. The van der Waals surface area contributed by atoms with E-state index in [9.17, 15) is 15.0 Å². The molecule has 0 radical (unpaired) electrons. The first-order chi connectivity index (χ1) is 7.41. The maximum Gasteiger partial charge on any atom is 0.338 e. The summed E-state index contributed by atoms with van der Waals surface area (Å²) in [5, 5.41) is 18.9. The lowest BCUT2D eigenvalue weighted by atomic mass is 10.0. The van der Waals surface area contributed by atoms with E-state index in [2.05, 4.69) is 0 Å². The molecule has 1 atom stereocenters. The molecule has 1 aromatic carbocycles. The zero-order valence-corrected chi connectivity index (χ0v) is 9.38. The molecular formula is C12H16O4. The van der Waals surface area contributed by atoms with Crippen LogP contribution in [0.2, 0.25) is 0 Å². The van der Waals surface area contributed by atoms with Crippen molar-refractivity contribution in [2.24, 2.45) is 0 Å². The fourth-order valence-electron chi connectivity index (χ4n) is 1.02. The van der Waals surface area contributed by atoms with Gasteiger partial charge in [-0.2, -0.15) is 0 Å². The van der Waals surface area contributed by atoms with Crippen molar-refractivity contribution in [1.29, 1.82) is 0 Å². The van der Waals surface area contributed by atoms with Gasteiger partial charge in [0.2, 0.25) is 0 Å². The van der Waals surface area contributed by atoms with Gasteiger partial charge in [-0.3, -0.25) is 0 Å². The van der Waals surface area contributed by atoms with Crippen LogP contribution in [0.1, 0.15) is 24.2 Å². The van der Waals surface area contributed by atoms with Crippen molar-refractivity contribution in [2.45, 2.75) is 25.6 Å². The van der Waals surface area contributed by atoms with Crippen molar-refractivity contribution in [3.05, 3.63) is 35.9 Å². The van der Waals surface area contributed by atoms with E-state index < -0.39 is 17.7 Å². The molecule has 0 aromatic heterocycles.